The smallest absolute Gasteiger partial charge is 0.258 e. The van der Waals surface area contributed by atoms with E-state index < -0.39 is 23.5 Å². The molecule has 0 radical (unpaired) electrons. The second-order valence-corrected chi connectivity index (χ2v) is 7.22. The van der Waals surface area contributed by atoms with Crippen LogP contribution in [0.2, 0.25) is 0 Å². The largest absolute Gasteiger partial charge is 0.490 e. The van der Waals surface area contributed by atoms with Crippen molar-refractivity contribution >= 4 is 22.6 Å². The number of benzene rings is 1. The van der Waals surface area contributed by atoms with Crippen molar-refractivity contribution in [2.75, 3.05) is 6.61 Å². The average Bonchev–Trinajstić information content (AvgIpc) is 2.93. The van der Waals surface area contributed by atoms with Crippen LogP contribution in [0.1, 0.15) is 44.0 Å². The Bertz CT molecular complexity index is 918. The van der Waals surface area contributed by atoms with Crippen molar-refractivity contribution in [1.82, 2.24) is 10.3 Å². The van der Waals surface area contributed by atoms with Crippen molar-refractivity contribution in [3.05, 3.63) is 30.0 Å². The number of nitrogens with two attached hydrogens (primary N) is 1. The number of alkyl halides is 1. The Kier molecular flexibility index (Phi) is 5.40. The minimum Gasteiger partial charge on any atom is -0.490 e. The van der Waals surface area contributed by atoms with E-state index in [1.165, 1.54) is 0 Å². The lowest BCUT2D eigenvalue weighted by Crippen LogP contribution is -2.34. The Balaban J connectivity index is 1.87. The molecular weight excluding hydrogens is 365 g/mol. The van der Waals surface area contributed by atoms with Crippen molar-refractivity contribution in [1.29, 1.82) is 0 Å². The molecule has 1 fully saturated rings. The van der Waals surface area contributed by atoms with Crippen LogP contribution < -0.4 is 20.5 Å². The molecule has 8 heteroatoms. The SMILES string of the molecule is CC[C@]1(F)C[C@@H](COc2nccc3cc(C(N)=O)c(OC(C)C)cc23)NC1=O. The number of rotatable bonds is 7. The number of pyridine rings is 1. The Morgan fingerprint density at radius 3 is 2.82 bits per heavy atom. The molecule has 1 aromatic carbocycles. The van der Waals surface area contributed by atoms with Gasteiger partial charge in [-0.2, -0.15) is 0 Å². The number of nitrogens with one attached hydrogen (secondary N) is 1. The van der Waals surface area contributed by atoms with Crippen LogP contribution in [-0.4, -0.2) is 41.2 Å². The quantitative estimate of drug-likeness (QED) is 0.757. The van der Waals surface area contributed by atoms with Crippen molar-refractivity contribution < 1.29 is 23.5 Å². The standard InChI is InChI=1S/C20H24FN3O4/c1-4-20(21)9-13(24-19(20)26)10-27-18-14-8-16(28-11(2)3)15(17(22)25)7-12(14)5-6-23-18/h5-8,11,13H,4,9-10H2,1-3H3,(H2,22,25)(H,24,26)/t13-,20-/m0/s1. The first-order valence-electron chi connectivity index (χ1n) is 9.25. The maximum atomic E-state index is 14.4. The summed E-state index contributed by atoms with van der Waals surface area (Å²) in [5.74, 6) is -0.544. The number of ether oxygens (including phenoxy) is 2. The van der Waals surface area contributed by atoms with E-state index >= 15 is 0 Å². The van der Waals surface area contributed by atoms with E-state index in [1.807, 2.05) is 13.8 Å². The van der Waals surface area contributed by atoms with Crippen LogP contribution >= 0.6 is 0 Å². The van der Waals surface area contributed by atoms with Crippen molar-refractivity contribution in [3.63, 3.8) is 0 Å². The van der Waals surface area contributed by atoms with E-state index in [4.69, 9.17) is 15.2 Å². The van der Waals surface area contributed by atoms with Gasteiger partial charge < -0.3 is 20.5 Å². The molecule has 3 N–H and O–H groups in total. The summed E-state index contributed by atoms with van der Waals surface area (Å²) < 4.78 is 25.9. The molecular formula is C20H24FN3O4. The molecule has 0 aliphatic carbocycles. The van der Waals surface area contributed by atoms with Crippen LogP contribution in [0.5, 0.6) is 11.6 Å². The molecule has 0 saturated carbocycles. The van der Waals surface area contributed by atoms with Crippen molar-refractivity contribution in [2.24, 2.45) is 5.73 Å². The molecule has 0 unspecified atom stereocenters. The average molecular weight is 389 g/mol. The second-order valence-electron chi connectivity index (χ2n) is 7.22. The third-order valence-electron chi connectivity index (χ3n) is 4.75. The van der Waals surface area contributed by atoms with Gasteiger partial charge >= 0.3 is 0 Å². The lowest BCUT2D eigenvalue weighted by molar-refractivity contribution is -0.129. The van der Waals surface area contributed by atoms with Gasteiger partial charge in [-0.05, 0) is 43.9 Å². The Morgan fingerprint density at radius 2 is 2.21 bits per heavy atom. The van der Waals surface area contributed by atoms with Gasteiger partial charge in [0.2, 0.25) is 5.88 Å². The fourth-order valence-corrected chi connectivity index (χ4v) is 3.27. The number of hydrogen-bond donors (Lipinski definition) is 2. The summed E-state index contributed by atoms with van der Waals surface area (Å²) >= 11 is 0. The van der Waals surface area contributed by atoms with Crippen LogP contribution in [0.3, 0.4) is 0 Å². The number of primary amides is 1. The Hall–Kier alpha value is -2.90. The van der Waals surface area contributed by atoms with Gasteiger partial charge in [-0.15, -0.1) is 0 Å². The first kappa shape index (κ1) is 19.9. The number of amides is 2. The molecule has 2 aromatic rings. The maximum Gasteiger partial charge on any atom is 0.258 e. The number of fused-ring (bicyclic) bond motifs is 1. The summed E-state index contributed by atoms with van der Waals surface area (Å²) in [5, 5.41) is 3.96. The van der Waals surface area contributed by atoms with Gasteiger partial charge in [0.15, 0.2) is 5.67 Å². The molecule has 150 valence electrons. The molecule has 0 bridgehead atoms. The highest BCUT2D eigenvalue weighted by atomic mass is 19.1. The minimum absolute atomic E-state index is 0.0562. The maximum absolute atomic E-state index is 14.4. The molecule has 2 atom stereocenters. The molecule has 28 heavy (non-hydrogen) atoms. The van der Waals surface area contributed by atoms with Gasteiger partial charge in [-0.25, -0.2) is 9.37 Å². The van der Waals surface area contributed by atoms with Gasteiger partial charge in [0.25, 0.3) is 11.8 Å². The number of halogens is 1. The summed E-state index contributed by atoms with van der Waals surface area (Å²) in [4.78, 5) is 27.8. The van der Waals surface area contributed by atoms with Crippen LogP contribution in [0, 0.1) is 0 Å². The summed E-state index contributed by atoms with van der Waals surface area (Å²) in [6.07, 6.45) is 1.57. The number of hydrogen-bond acceptors (Lipinski definition) is 5. The molecule has 3 rings (SSSR count). The molecule has 2 heterocycles. The van der Waals surface area contributed by atoms with Crippen LogP contribution in [-0.2, 0) is 4.79 Å². The molecule has 7 nitrogen and oxygen atoms in total. The van der Waals surface area contributed by atoms with Gasteiger partial charge in [-0.3, -0.25) is 9.59 Å². The van der Waals surface area contributed by atoms with Crippen LogP contribution in [0.25, 0.3) is 10.8 Å². The van der Waals surface area contributed by atoms with Crippen molar-refractivity contribution in [2.45, 2.75) is 51.4 Å². The third-order valence-corrected chi connectivity index (χ3v) is 4.75. The Labute approximate surface area is 162 Å². The number of nitrogens with zero attached hydrogens (tertiary/aromatic N) is 1. The molecule has 1 aromatic heterocycles. The summed E-state index contributed by atoms with van der Waals surface area (Å²) in [5.41, 5.74) is 3.89. The number of carbonyl (C=O) groups is 2. The fraction of sp³-hybridized carbons (Fsp3) is 0.450. The monoisotopic (exact) mass is 389 g/mol. The van der Waals surface area contributed by atoms with Crippen LogP contribution in [0.4, 0.5) is 4.39 Å². The van der Waals surface area contributed by atoms with Crippen molar-refractivity contribution in [3.8, 4) is 11.6 Å². The third kappa shape index (κ3) is 3.85. The first-order valence-corrected chi connectivity index (χ1v) is 9.25. The molecule has 2 amide bonds. The van der Waals surface area contributed by atoms with E-state index in [1.54, 1.807) is 31.3 Å². The van der Waals surface area contributed by atoms with E-state index in [9.17, 15) is 14.0 Å². The molecule has 1 saturated heterocycles. The summed E-state index contributed by atoms with van der Waals surface area (Å²) in [6, 6.07) is 4.58. The highest BCUT2D eigenvalue weighted by molar-refractivity contribution is 6.01. The van der Waals surface area contributed by atoms with E-state index in [2.05, 4.69) is 10.3 Å². The molecule has 1 aliphatic heterocycles. The zero-order valence-electron chi connectivity index (χ0n) is 16.1. The first-order chi connectivity index (χ1) is 13.2. The number of aromatic nitrogens is 1. The minimum atomic E-state index is -1.85. The fourth-order valence-electron chi connectivity index (χ4n) is 3.27. The topological polar surface area (TPSA) is 104 Å². The predicted octanol–water partition coefficient (Wildman–Crippen LogP) is 2.51. The lowest BCUT2D eigenvalue weighted by atomic mass is 9.99. The van der Waals surface area contributed by atoms with Gasteiger partial charge in [0.1, 0.15) is 12.4 Å². The summed E-state index contributed by atoms with van der Waals surface area (Å²) in [7, 11) is 0. The van der Waals surface area contributed by atoms with E-state index in [0.29, 0.717) is 22.4 Å². The van der Waals surface area contributed by atoms with E-state index in [-0.39, 0.29) is 31.1 Å². The van der Waals surface area contributed by atoms with E-state index in [0.717, 1.165) is 0 Å². The summed E-state index contributed by atoms with van der Waals surface area (Å²) in [6.45, 7) is 5.41. The normalized spacial score (nSPS) is 21.8. The van der Waals surface area contributed by atoms with Crippen LogP contribution in [0.15, 0.2) is 24.4 Å². The van der Waals surface area contributed by atoms with Gasteiger partial charge in [0, 0.05) is 18.0 Å². The lowest BCUT2D eigenvalue weighted by Gasteiger charge is -2.16. The highest BCUT2D eigenvalue weighted by Gasteiger charge is 2.46. The van der Waals surface area contributed by atoms with Gasteiger partial charge in [0.05, 0.1) is 17.7 Å². The zero-order chi connectivity index (χ0) is 20.5. The molecule has 0 spiro atoms. The van der Waals surface area contributed by atoms with Gasteiger partial charge in [-0.1, -0.05) is 6.92 Å². The Morgan fingerprint density at radius 1 is 1.46 bits per heavy atom. The predicted molar refractivity (Wildman–Crippen MR) is 102 cm³/mol. The molecule has 1 aliphatic rings. The second kappa shape index (κ2) is 7.61. The number of carbonyl (C=O) groups excluding carboxylic acids is 2. The zero-order valence-corrected chi connectivity index (χ0v) is 16.1. The highest BCUT2D eigenvalue weighted by Crippen LogP contribution is 2.32.